The largest absolute Gasteiger partial charge is 0.326 e. The number of hydrogen-bond donors (Lipinski definition) is 2. The predicted octanol–water partition coefficient (Wildman–Crippen LogP) is 5.67. The molecule has 6 nitrogen and oxygen atoms in total. The van der Waals surface area contributed by atoms with Gasteiger partial charge in [-0.05, 0) is 93.9 Å². The number of aromatic nitrogens is 2. The van der Waals surface area contributed by atoms with E-state index in [9.17, 15) is 4.79 Å². The summed E-state index contributed by atoms with van der Waals surface area (Å²) in [7, 11) is 6.40. The van der Waals surface area contributed by atoms with Crippen molar-refractivity contribution in [3.05, 3.63) is 81.2 Å². The highest BCUT2D eigenvalue weighted by Gasteiger charge is 2.11. The van der Waals surface area contributed by atoms with Gasteiger partial charge in [-0.2, -0.15) is 5.10 Å². The summed E-state index contributed by atoms with van der Waals surface area (Å²) in [4.78, 5) is 18.2. The van der Waals surface area contributed by atoms with E-state index >= 15 is 0 Å². The number of fused-ring (bicyclic) bond motifs is 1. The minimum atomic E-state index is -0.0102. The van der Waals surface area contributed by atoms with E-state index in [1.54, 1.807) is 11.3 Å². The summed E-state index contributed by atoms with van der Waals surface area (Å²) in [6.07, 6.45) is 5.67. The number of nitrogens with zero attached hydrogens (tertiary/aromatic N) is 3. The van der Waals surface area contributed by atoms with Crippen LogP contribution in [0.4, 0.5) is 5.69 Å². The van der Waals surface area contributed by atoms with Gasteiger partial charge in [-0.15, -0.1) is 11.3 Å². The molecular weight excluding hydrogens is 466 g/mol. The van der Waals surface area contributed by atoms with Gasteiger partial charge in [0.15, 0.2) is 0 Å². The smallest absolute Gasteiger partial charge is 0.229 e. The standard InChI is InChI=1S/C29H35N5OS/c1-21-16-28-25(19-27(21)30-29(35)18-24-10-6-15-36-24)26(31-32-28)12-11-22-8-5-9-23(17-22)20-34(4)14-7-13-33(2)3/h5-6,8-12,15-17,19H,7,13-14,18,20H2,1-4H3,(H,30,35)(H,31,32)/b12-11+. The van der Waals surface area contributed by atoms with E-state index in [-0.39, 0.29) is 5.91 Å². The molecule has 7 heteroatoms. The van der Waals surface area contributed by atoms with Crippen LogP contribution in [0.5, 0.6) is 0 Å². The number of carbonyl (C=O) groups excluding carboxylic acids is 1. The zero-order valence-electron chi connectivity index (χ0n) is 21.5. The second kappa shape index (κ2) is 12.1. The summed E-state index contributed by atoms with van der Waals surface area (Å²) in [6.45, 7) is 5.10. The average molecular weight is 502 g/mol. The number of aryl methyl sites for hydroxylation is 1. The molecule has 0 radical (unpaired) electrons. The van der Waals surface area contributed by atoms with Gasteiger partial charge in [0.05, 0.1) is 17.6 Å². The molecule has 0 bridgehead atoms. The fraction of sp³-hybridized carbons (Fsp3) is 0.310. The first-order valence-electron chi connectivity index (χ1n) is 12.3. The Kier molecular flexibility index (Phi) is 8.70. The maximum atomic E-state index is 12.6. The third kappa shape index (κ3) is 7.13. The quantitative estimate of drug-likeness (QED) is 0.278. The van der Waals surface area contributed by atoms with Crippen molar-refractivity contribution < 1.29 is 4.79 Å². The molecule has 0 aliphatic carbocycles. The molecule has 1 amide bonds. The monoisotopic (exact) mass is 501 g/mol. The Labute approximate surface area is 217 Å². The molecule has 36 heavy (non-hydrogen) atoms. The zero-order chi connectivity index (χ0) is 25.5. The van der Waals surface area contributed by atoms with Crippen molar-refractivity contribution in [2.45, 2.75) is 26.3 Å². The molecule has 0 atom stereocenters. The van der Waals surface area contributed by atoms with Crippen LogP contribution in [0.15, 0.2) is 53.9 Å². The van der Waals surface area contributed by atoms with Gasteiger partial charge in [0, 0.05) is 22.5 Å². The number of H-pyrrole nitrogens is 1. The van der Waals surface area contributed by atoms with Crippen LogP contribution in [-0.4, -0.2) is 60.1 Å². The summed E-state index contributed by atoms with van der Waals surface area (Å²) in [5.41, 5.74) is 6.06. The molecule has 2 N–H and O–H groups in total. The van der Waals surface area contributed by atoms with Crippen molar-refractivity contribution in [1.29, 1.82) is 0 Å². The number of nitrogens with one attached hydrogen (secondary N) is 2. The summed E-state index contributed by atoms with van der Waals surface area (Å²) in [6, 6.07) is 16.6. The normalized spacial score (nSPS) is 11.8. The second-order valence-corrected chi connectivity index (χ2v) is 10.6. The van der Waals surface area contributed by atoms with E-state index in [0.717, 1.165) is 64.3 Å². The third-order valence-electron chi connectivity index (χ3n) is 6.11. The number of carbonyl (C=O) groups is 1. The Morgan fingerprint density at radius 2 is 1.94 bits per heavy atom. The van der Waals surface area contributed by atoms with E-state index in [2.05, 4.69) is 76.8 Å². The number of anilines is 1. The van der Waals surface area contributed by atoms with Gasteiger partial charge < -0.3 is 15.1 Å². The number of thiophene rings is 1. The molecule has 0 fully saturated rings. The molecule has 0 spiro atoms. The number of amides is 1. The molecule has 188 valence electrons. The van der Waals surface area contributed by atoms with Crippen molar-refractivity contribution in [1.82, 2.24) is 20.0 Å². The van der Waals surface area contributed by atoms with Crippen LogP contribution in [-0.2, 0) is 17.8 Å². The molecule has 2 heterocycles. The molecule has 0 saturated carbocycles. The van der Waals surface area contributed by atoms with Crippen LogP contribution in [0.2, 0.25) is 0 Å². The second-order valence-electron chi connectivity index (χ2n) is 9.60. The van der Waals surface area contributed by atoms with E-state index in [4.69, 9.17) is 0 Å². The summed E-state index contributed by atoms with van der Waals surface area (Å²) in [5, 5.41) is 13.7. The molecule has 0 aliphatic heterocycles. The van der Waals surface area contributed by atoms with Crippen molar-refractivity contribution >= 4 is 46.0 Å². The lowest BCUT2D eigenvalue weighted by Crippen LogP contribution is -2.23. The highest BCUT2D eigenvalue weighted by Crippen LogP contribution is 2.26. The lowest BCUT2D eigenvalue weighted by Gasteiger charge is -2.18. The van der Waals surface area contributed by atoms with Crippen molar-refractivity contribution in [3.63, 3.8) is 0 Å². The van der Waals surface area contributed by atoms with Crippen LogP contribution < -0.4 is 5.32 Å². The van der Waals surface area contributed by atoms with Crippen molar-refractivity contribution in [2.24, 2.45) is 0 Å². The first kappa shape index (κ1) is 25.8. The van der Waals surface area contributed by atoms with Crippen LogP contribution in [0, 0.1) is 6.92 Å². The van der Waals surface area contributed by atoms with Crippen molar-refractivity contribution in [2.75, 3.05) is 39.5 Å². The average Bonchev–Trinajstić information content (AvgIpc) is 3.47. The van der Waals surface area contributed by atoms with E-state index in [1.165, 1.54) is 5.56 Å². The number of hydrogen-bond acceptors (Lipinski definition) is 5. The molecule has 0 aliphatic rings. The van der Waals surface area contributed by atoms with Gasteiger partial charge >= 0.3 is 0 Å². The Morgan fingerprint density at radius 1 is 1.08 bits per heavy atom. The van der Waals surface area contributed by atoms with Gasteiger partial charge in [0.1, 0.15) is 0 Å². The molecule has 0 unspecified atom stereocenters. The van der Waals surface area contributed by atoms with Gasteiger partial charge in [0.2, 0.25) is 5.91 Å². The fourth-order valence-corrected chi connectivity index (χ4v) is 4.94. The SMILES string of the molecule is Cc1cc2[nH]nc(/C=C/c3cccc(CN(C)CCCN(C)C)c3)c2cc1NC(=O)Cc1cccs1. The van der Waals surface area contributed by atoms with Crippen LogP contribution in [0.3, 0.4) is 0 Å². The minimum Gasteiger partial charge on any atom is -0.326 e. The summed E-state index contributed by atoms with van der Waals surface area (Å²) >= 11 is 1.60. The Bertz CT molecular complexity index is 1320. The number of benzene rings is 2. The van der Waals surface area contributed by atoms with Crippen LogP contribution in [0.1, 0.15) is 33.7 Å². The molecule has 2 aromatic heterocycles. The fourth-order valence-electron chi connectivity index (χ4n) is 4.24. The summed E-state index contributed by atoms with van der Waals surface area (Å²) < 4.78 is 0. The zero-order valence-corrected chi connectivity index (χ0v) is 22.4. The maximum Gasteiger partial charge on any atom is 0.229 e. The van der Waals surface area contributed by atoms with Crippen molar-refractivity contribution in [3.8, 4) is 0 Å². The van der Waals surface area contributed by atoms with Crippen LogP contribution in [0.25, 0.3) is 23.1 Å². The van der Waals surface area contributed by atoms with E-state index in [0.29, 0.717) is 6.42 Å². The molecule has 4 rings (SSSR count). The lowest BCUT2D eigenvalue weighted by molar-refractivity contribution is -0.115. The molecular formula is C29H35N5OS. The molecule has 2 aromatic carbocycles. The van der Waals surface area contributed by atoms with Gasteiger partial charge in [-0.1, -0.05) is 36.4 Å². The van der Waals surface area contributed by atoms with E-state index in [1.807, 2.05) is 42.6 Å². The molecule has 0 saturated heterocycles. The predicted molar refractivity (Wildman–Crippen MR) is 152 cm³/mol. The highest BCUT2D eigenvalue weighted by molar-refractivity contribution is 7.10. The first-order chi connectivity index (χ1) is 17.4. The van der Waals surface area contributed by atoms with E-state index < -0.39 is 0 Å². The topological polar surface area (TPSA) is 64.3 Å². The van der Waals surface area contributed by atoms with Gasteiger partial charge in [-0.3, -0.25) is 9.89 Å². The first-order valence-corrected chi connectivity index (χ1v) is 13.2. The van der Waals surface area contributed by atoms with Gasteiger partial charge in [0.25, 0.3) is 0 Å². The van der Waals surface area contributed by atoms with Gasteiger partial charge in [-0.25, -0.2) is 0 Å². The Balaban J connectivity index is 1.45. The third-order valence-corrected chi connectivity index (χ3v) is 6.98. The summed E-state index contributed by atoms with van der Waals surface area (Å²) in [5.74, 6) is -0.0102. The maximum absolute atomic E-state index is 12.6. The number of rotatable bonds is 11. The Hall–Kier alpha value is -3.26. The molecule has 4 aromatic rings. The van der Waals surface area contributed by atoms with Crippen LogP contribution >= 0.6 is 11.3 Å². The minimum absolute atomic E-state index is 0.0102. The highest BCUT2D eigenvalue weighted by atomic mass is 32.1. The number of aromatic amines is 1. The Morgan fingerprint density at radius 3 is 2.72 bits per heavy atom. The lowest BCUT2D eigenvalue weighted by atomic mass is 10.1.